The minimum absolute atomic E-state index is 0.00388. The number of hydrogen-bond donors (Lipinski definition) is 2. The highest BCUT2D eigenvalue weighted by Crippen LogP contribution is 2.29. The number of ether oxygens (including phenoxy) is 1. The average molecular weight is 369 g/mol. The number of aromatic nitrogens is 1. The van der Waals surface area contributed by atoms with E-state index < -0.39 is 0 Å². The summed E-state index contributed by atoms with van der Waals surface area (Å²) in [5, 5.41) is 5.70. The molecule has 3 rings (SSSR count). The third kappa shape index (κ3) is 6.90. The minimum Gasteiger partial charge on any atom is -0.376 e. The molecule has 1 fully saturated rings. The molecule has 2 aromatic rings. The van der Waals surface area contributed by atoms with Gasteiger partial charge in [0.05, 0.1) is 6.61 Å². The Bertz CT molecular complexity index is 799. The van der Waals surface area contributed by atoms with Crippen LogP contribution in [0.1, 0.15) is 31.2 Å². The first kappa shape index (κ1) is 19.2. The van der Waals surface area contributed by atoms with Crippen molar-refractivity contribution in [3.8, 4) is 0 Å². The Morgan fingerprint density at radius 1 is 1.15 bits per heavy atom. The van der Waals surface area contributed by atoms with Crippen molar-refractivity contribution >= 4 is 11.7 Å². The summed E-state index contributed by atoms with van der Waals surface area (Å²) < 4.78 is 7.37. The maximum atomic E-state index is 12.0. The second-order valence-electron chi connectivity index (χ2n) is 6.98. The summed E-state index contributed by atoms with van der Waals surface area (Å²) in [6.07, 6.45) is 5.99. The van der Waals surface area contributed by atoms with E-state index in [1.807, 2.05) is 30.3 Å². The number of pyridine rings is 1. The van der Waals surface area contributed by atoms with Gasteiger partial charge in [-0.1, -0.05) is 18.2 Å². The number of carbonyl (C=O) groups excluding carboxylic acids is 1. The summed E-state index contributed by atoms with van der Waals surface area (Å²) in [6, 6.07) is 12.6. The van der Waals surface area contributed by atoms with Crippen LogP contribution in [0.25, 0.3) is 0 Å². The van der Waals surface area contributed by atoms with Crippen molar-refractivity contribution in [1.82, 2.24) is 9.88 Å². The zero-order chi connectivity index (χ0) is 18.9. The van der Waals surface area contributed by atoms with Crippen molar-refractivity contribution in [3.63, 3.8) is 0 Å². The third-order valence-electron chi connectivity index (χ3n) is 4.51. The van der Waals surface area contributed by atoms with Gasteiger partial charge >= 0.3 is 6.03 Å². The molecule has 1 aromatic carbocycles. The van der Waals surface area contributed by atoms with Crippen LogP contribution in [-0.2, 0) is 17.9 Å². The zero-order valence-electron chi connectivity index (χ0n) is 15.5. The Balaban J connectivity index is 1.32. The van der Waals surface area contributed by atoms with Crippen molar-refractivity contribution in [2.24, 2.45) is 5.92 Å². The predicted octanol–water partition coefficient (Wildman–Crippen LogP) is 3.38. The van der Waals surface area contributed by atoms with E-state index in [-0.39, 0.29) is 11.6 Å². The molecule has 0 radical (unpaired) electrons. The normalized spacial score (nSPS) is 13.3. The lowest BCUT2D eigenvalue weighted by Gasteiger charge is -2.10. The Morgan fingerprint density at radius 2 is 2.04 bits per heavy atom. The third-order valence-corrected chi connectivity index (χ3v) is 4.51. The molecule has 0 saturated heterocycles. The molecular weight excluding hydrogens is 342 g/mol. The van der Waals surface area contributed by atoms with Crippen LogP contribution in [-0.4, -0.2) is 23.7 Å². The molecule has 0 spiro atoms. The fourth-order valence-electron chi connectivity index (χ4n) is 2.80. The monoisotopic (exact) mass is 369 g/mol. The molecule has 1 aliphatic rings. The molecule has 1 aliphatic carbocycles. The molecule has 6 nitrogen and oxygen atoms in total. The highest BCUT2D eigenvalue weighted by Gasteiger charge is 2.21. The fourth-order valence-corrected chi connectivity index (χ4v) is 2.80. The van der Waals surface area contributed by atoms with Gasteiger partial charge in [-0.3, -0.25) is 4.79 Å². The molecule has 2 N–H and O–H groups in total. The lowest BCUT2D eigenvalue weighted by molar-refractivity contribution is 0.111. The molecular formula is C21H27N3O3. The first-order valence-corrected chi connectivity index (χ1v) is 9.58. The molecule has 2 amide bonds. The van der Waals surface area contributed by atoms with E-state index in [1.54, 1.807) is 22.9 Å². The van der Waals surface area contributed by atoms with Crippen LogP contribution in [0.15, 0.2) is 53.5 Å². The molecule has 1 saturated carbocycles. The lowest BCUT2D eigenvalue weighted by atomic mass is 10.2. The Morgan fingerprint density at radius 3 is 2.85 bits per heavy atom. The number of rotatable bonds is 10. The van der Waals surface area contributed by atoms with Crippen molar-refractivity contribution < 1.29 is 9.53 Å². The zero-order valence-corrected chi connectivity index (χ0v) is 15.5. The van der Waals surface area contributed by atoms with Crippen molar-refractivity contribution in [2.45, 2.75) is 38.8 Å². The highest BCUT2D eigenvalue weighted by atomic mass is 16.5. The molecule has 0 bridgehead atoms. The minimum atomic E-state index is -0.220. The molecule has 1 aromatic heterocycles. The largest absolute Gasteiger partial charge is 0.376 e. The van der Waals surface area contributed by atoms with Crippen LogP contribution in [0.3, 0.4) is 0 Å². The molecule has 0 atom stereocenters. The Labute approximate surface area is 159 Å². The smallest absolute Gasteiger partial charge is 0.319 e. The van der Waals surface area contributed by atoms with E-state index in [2.05, 4.69) is 10.6 Å². The number of nitrogens with one attached hydrogen (secondary N) is 2. The van der Waals surface area contributed by atoms with Crippen molar-refractivity contribution in [3.05, 3.63) is 64.6 Å². The van der Waals surface area contributed by atoms with E-state index in [4.69, 9.17) is 4.74 Å². The molecule has 1 heterocycles. The highest BCUT2D eigenvalue weighted by molar-refractivity contribution is 5.89. The number of benzene rings is 1. The summed E-state index contributed by atoms with van der Waals surface area (Å²) >= 11 is 0. The van der Waals surface area contributed by atoms with Gasteiger partial charge in [0.1, 0.15) is 0 Å². The second-order valence-corrected chi connectivity index (χ2v) is 6.98. The van der Waals surface area contributed by atoms with Crippen LogP contribution in [0.2, 0.25) is 0 Å². The molecule has 27 heavy (non-hydrogen) atoms. The van der Waals surface area contributed by atoms with Gasteiger partial charge in [0, 0.05) is 37.6 Å². The van der Waals surface area contributed by atoms with E-state index in [1.165, 1.54) is 12.8 Å². The van der Waals surface area contributed by atoms with E-state index >= 15 is 0 Å². The van der Waals surface area contributed by atoms with Crippen LogP contribution < -0.4 is 16.2 Å². The molecule has 144 valence electrons. The Kier molecular flexibility index (Phi) is 7.04. The van der Waals surface area contributed by atoms with E-state index in [9.17, 15) is 9.59 Å². The maximum absolute atomic E-state index is 12.0. The molecule has 0 aliphatic heterocycles. The number of hydrogen-bond acceptors (Lipinski definition) is 3. The van der Waals surface area contributed by atoms with Crippen molar-refractivity contribution in [1.29, 1.82) is 0 Å². The summed E-state index contributed by atoms with van der Waals surface area (Å²) in [7, 11) is 0. The van der Waals surface area contributed by atoms with Crippen LogP contribution in [0, 0.1) is 5.92 Å². The SMILES string of the molecule is O=C(NCCCCn1ccccc1=O)Nc1cccc(COCC2CC2)c1. The van der Waals surface area contributed by atoms with Crippen LogP contribution in [0.4, 0.5) is 10.5 Å². The standard InChI is InChI=1S/C21H27N3O3/c25-20-8-1-3-12-24(20)13-4-2-11-22-21(26)23-19-7-5-6-18(14-19)16-27-15-17-9-10-17/h1,3,5-8,12,14,17H,2,4,9-11,13,15-16H2,(H2,22,23,26). The van der Waals surface area contributed by atoms with Crippen molar-refractivity contribution in [2.75, 3.05) is 18.5 Å². The number of amides is 2. The van der Waals surface area contributed by atoms with Gasteiger partial charge in [-0.2, -0.15) is 0 Å². The van der Waals surface area contributed by atoms with Gasteiger partial charge in [-0.15, -0.1) is 0 Å². The first-order chi connectivity index (χ1) is 13.2. The number of unbranched alkanes of at least 4 members (excludes halogenated alkanes) is 1. The number of aryl methyl sites for hydroxylation is 1. The van der Waals surface area contributed by atoms with E-state index in [0.29, 0.717) is 19.7 Å². The van der Waals surface area contributed by atoms with E-state index in [0.717, 1.165) is 36.6 Å². The second kappa shape index (κ2) is 9.92. The predicted molar refractivity (Wildman–Crippen MR) is 106 cm³/mol. The number of urea groups is 1. The van der Waals surface area contributed by atoms with Gasteiger partial charge in [0.2, 0.25) is 5.56 Å². The fraction of sp³-hybridized carbons (Fsp3) is 0.429. The first-order valence-electron chi connectivity index (χ1n) is 9.58. The maximum Gasteiger partial charge on any atom is 0.319 e. The average Bonchev–Trinajstić information content (AvgIpc) is 3.48. The lowest BCUT2D eigenvalue weighted by Crippen LogP contribution is -2.29. The van der Waals surface area contributed by atoms with Gasteiger partial charge < -0.3 is 19.9 Å². The topological polar surface area (TPSA) is 72.4 Å². The Hall–Kier alpha value is -2.60. The quantitative estimate of drug-likeness (QED) is 0.631. The summed E-state index contributed by atoms with van der Waals surface area (Å²) in [5.41, 5.74) is 1.82. The summed E-state index contributed by atoms with van der Waals surface area (Å²) in [4.78, 5) is 23.6. The van der Waals surface area contributed by atoms with Gasteiger partial charge in [0.25, 0.3) is 0 Å². The number of anilines is 1. The summed E-state index contributed by atoms with van der Waals surface area (Å²) in [6.45, 7) is 2.63. The van der Waals surface area contributed by atoms with Crippen LogP contribution in [0.5, 0.6) is 0 Å². The van der Waals surface area contributed by atoms with Gasteiger partial charge in [-0.25, -0.2) is 4.79 Å². The molecule has 0 unspecified atom stereocenters. The molecule has 6 heteroatoms. The number of carbonyl (C=O) groups is 1. The van der Waals surface area contributed by atoms with Gasteiger partial charge in [-0.05, 0) is 55.4 Å². The summed E-state index contributed by atoms with van der Waals surface area (Å²) in [5.74, 6) is 0.748. The van der Waals surface area contributed by atoms with Gasteiger partial charge in [0.15, 0.2) is 0 Å². The van der Waals surface area contributed by atoms with Crippen LogP contribution >= 0.6 is 0 Å². The number of nitrogens with zero attached hydrogens (tertiary/aromatic N) is 1.